The highest BCUT2D eigenvalue weighted by atomic mass is 14.8. The van der Waals surface area contributed by atoms with E-state index in [2.05, 4.69) is 49.5 Å². The molecule has 0 amide bonds. The third kappa shape index (κ3) is 4.50. The topological polar surface area (TPSA) is 12.0 Å². The monoisotopic (exact) mass is 200 g/mol. The largest absolute Gasteiger partial charge is 0.385 e. The van der Waals surface area contributed by atoms with Crippen LogP contribution in [0.25, 0.3) is 6.08 Å². The zero-order valence-corrected chi connectivity index (χ0v) is 9.24. The molecule has 1 N–H and O–H groups in total. The van der Waals surface area contributed by atoms with E-state index in [1.165, 1.54) is 11.3 Å². The maximum Gasteiger partial charge on any atom is 0.0340 e. The zero-order valence-electron chi connectivity index (χ0n) is 9.24. The van der Waals surface area contributed by atoms with Crippen LogP contribution in [-0.2, 0) is 0 Å². The van der Waals surface area contributed by atoms with E-state index in [1.54, 1.807) is 0 Å². The molecule has 1 rings (SSSR count). The van der Waals surface area contributed by atoms with Crippen LogP contribution in [0.3, 0.4) is 0 Å². The SMILES string of the molecule is [CH2]CC=CC=Cc1ccc(NCC)cc1. The van der Waals surface area contributed by atoms with Crippen molar-refractivity contribution in [3.8, 4) is 0 Å². The Hall–Kier alpha value is -1.50. The Morgan fingerprint density at radius 3 is 2.53 bits per heavy atom. The molecule has 0 bridgehead atoms. The molecular weight excluding hydrogens is 182 g/mol. The fraction of sp³-hybridized carbons (Fsp3) is 0.214. The molecule has 0 saturated carbocycles. The molecule has 0 aliphatic carbocycles. The van der Waals surface area contributed by atoms with Crippen LogP contribution >= 0.6 is 0 Å². The van der Waals surface area contributed by atoms with Crippen LogP contribution < -0.4 is 5.32 Å². The normalized spacial score (nSPS) is 11.3. The van der Waals surface area contributed by atoms with Crippen molar-refractivity contribution < 1.29 is 0 Å². The number of allylic oxidation sites excluding steroid dienone is 3. The summed E-state index contributed by atoms with van der Waals surface area (Å²) in [7, 11) is 0. The maximum absolute atomic E-state index is 3.73. The van der Waals surface area contributed by atoms with E-state index in [1.807, 2.05) is 18.2 Å². The molecule has 1 radical (unpaired) electrons. The van der Waals surface area contributed by atoms with Crippen molar-refractivity contribution >= 4 is 11.8 Å². The minimum atomic E-state index is 0.837. The summed E-state index contributed by atoms with van der Waals surface area (Å²) in [5, 5.41) is 3.26. The quantitative estimate of drug-likeness (QED) is 0.710. The van der Waals surface area contributed by atoms with Crippen molar-refractivity contribution in [3.63, 3.8) is 0 Å². The smallest absolute Gasteiger partial charge is 0.0340 e. The Balaban J connectivity index is 2.56. The van der Waals surface area contributed by atoms with Crippen LogP contribution in [0.15, 0.2) is 42.5 Å². The van der Waals surface area contributed by atoms with Crippen molar-refractivity contribution in [2.45, 2.75) is 13.3 Å². The van der Waals surface area contributed by atoms with Gasteiger partial charge in [-0.05, 0) is 38.0 Å². The molecule has 0 saturated heterocycles. The molecule has 0 unspecified atom stereocenters. The van der Waals surface area contributed by atoms with Gasteiger partial charge in [-0.2, -0.15) is 0 Å². The van der Waals surface area contributed by atoms with Gasteiger partial charge in [-0.25, -0.2) is 0 Å². The zero-order chi connectivity index (χ0) is 10.9. The van der Waals surface area contributed by atoms with Crippen molar-refractivity contribution in [3.05, 3.63) is 55.0 Å². The molecule has 1 aromatic rings. The van der Waals surface area contributed by atoms with Crippen LogP contribution in [0.4, 0.5) is 5.69 Å². The lowest BCUT2D eigenvalue weighted by Crippen LogP contribution is -1.95. The minimum Gasteiger partial charge on any atom is -0.385 e. The van der Waals surface area contributed by atoms with Crippen molar-refractivity contribution in [2.24, 2.45) is 0 Å². The average molecular weight is 200 g/mol. The summed E-state index contributed by atoms with van der Waals surface area (Å²) in [5.41, 5.74) is 2.38. The average Bonchev–Trinajstić information content (AvgIpc) is 2.27. The number of benzene rings is 1. The number of anilines is 1. The highest BCUT2D eigenvalue weighted by Gasteiger charge is 1.88. The second kappa shape index (κ2) is 6.88. The van der Waals surface area contributed by atoms with Gasteiger partial charge in [-0.3, -0.25) is 0 Å². The highest BCUT2D eigenvalue weighted by Crippen LogP contribution is 2.10. The second-order valence-corrected chi connectivity index (χ2v) is 3.23. The first-order chi connectivity index (χ1) is 7.36. The maximum atomic E-state index is 3.73. The first-order valence-corrected chi connectivity index (χ1v) is 5.33. The van der Waals surface area contributed by atoms with Gasteiger partial charge in [0.25, 0.3) is 0 Å². The van der Waals surface area contributed by atoms with Crippen LogP contribution in [-0.4, -0.2) is 6.54 Å². The van der Waals surface area contributed by atoms with Gasteiger partial charge in [0, 0.05) is 12.2 Å². The third-order valence-corrected chi connectivity index (χ3v) is 1.99. The molecule has 1 aromatic carbocycles. The predicted molar refractivity (Wildman–Crippen MR) is 68.8 cm³/mol. The Morgan fingerprint density at radius 1 is 1.20 bits per heavy atom. The molecule has 15 heavy (non-hydrogen) atoms. The van der Waals surface area contributed by atoms with Gasteiger partial charge >= 0.3 is 0 Å². The third-order valence-electron chi connectivity index (χ3n) is 1.99. The summed E-state index contributed by atoms with van der Waals surface area (Å²) in [6.45, 7) is 6.79. The molecule has 0 atom stereocenters. The first-order valence-electron chi connectivity index (χ1n) is 5.33. The van der Waals surface area contributed by atoms with Crippen LogP contribution in [0.1, 0.15) is 18.9 Å². The van der Waals surface area contributed by atoms with Gasteiger partial charge in [0.2, 0.25) is 0 Å². The molecule has 0 aromatic heterocycles. The van der Waals surface area contributed by atoms with E-state index < -0.39 is 0 Å². The Morgan fingerprint density at radius 2 is 1.93 bits per heavy atom. The van der Waals surface area contributed by atoms with E-state index in [-0.39, 0.29) is 0 Å². The molecule has 0 aliphatic heterocycles. The fourth-order valence-corrected chi connectivity index (χ4v) is 1.26. The van der Waals surface area contributed by atoms with E-state index >= 15 is 0 Å². The molecule has 1 nitrogen and oxygen atoms in total. The van der Waals surface area contributed by atoms with Gasteiger partial charge in [-0.1, -0.05) is 36.4 Å². The highest BCUT2D eigenvalue weighted by molar-refractivity contribution is 5.55. The standard InChI is InChI=1S/C14H18N/c1-3-5-6-7-8-13-9-11-14(12-10-13)15-4-2/h5-12,15H,1,3-4H2,2H3. The molecule has 0 heterocycles. The molecule has 79 valence electrons. The summed E-state index contributed by atoms with van der Waals surface area (Å²) in [5.74, 6) is 0. The molecule has 0 aliphatic rings. The first kappa shape index (κ1) is 11.6. The second-order valence-electron chi connectivity index (χ2n) is 3.23. The number of rotatable bonds is 5. The van der Waals surface area contributed by atoms with Gasteiger partial charge in [0.1, 0.15) is 0 Å². The van der Waals surface area contributed by atoms with Crippen molar-refractivity contribution in [2.75, 3.05) is 11.9 Å². The lowest BCUT2D eigenvalue weighted by molar-refractivity contribution is 1.21. The Labute approximate surface area is 92.5 Å². The van der Waals surface area contributed by atoms with Gasteiger partial charge in [-0.15, -0.1) is 0 Å². The van der Waals surface area contributed by atoms with E-state index in [0.717, 1.165) is 13.0 Å². The summed E-state index contributed by atoms with van der Waals surface area (Å²) in [6, 6.07) is 8.39. The predicted octanol–water partition coefficient (Wildman–Crippen LogP) is 3.91. The fourth-order valence-electron chi connectivity index (χ4n) is 1.26. The lowest BCUT2D eigenvalue weighted by Gasteiger charge is -2.02. The molecule has 0 spiro atoms. The van der Waals surface area contributed by atoms with Gasteiger partial charge in [0.05, 0.1) is 0 Å². The van der Waals surface area contributed by atoms with Crippen LogP contribution in [0, 0.1) is 6.92 Å². The summed E-state index contributed by atoms with van der Waals surface area (Å²) in [6.07, 6.45) is 9.01. The van der Waals surface area contributed by atoms with Gasteiger partial charge < -0.3 is 5.32 Å². The van der Waals surface area contributed by atoms with E-state index in [0.29, 0.717) is 0 Å². The van der Waals surface area contributed by atoms with E-state index in [9.17, 15) is 0 Å². The van der Waals surface area contributed by atoms with Crippen molar-refractivity contribution in [1.29, 1.82) is 0 Å². The number of hydrogen-bond donors (Lipinski definition) is 1. The molecule has 0 fully saturated rings. The summed E-state index contributed by atoms with van der Waals surface area (Å²) in [4.78, 5) is 0. The molecular formula is C14H18N. The Kier molecular flexibility index (Phi) is 5.31. The van der Waals surface area contributed by atoms with Crippen LogP contribution in [0.2, 0.25) is 0 Å². The Bertz CT molecular complexity index is 320. The minimum absolute atomic E-state index is 0.837. The van der Waals surface area contributed by atoms with Crippen LogP contribution in [0.5, 0.6) is 0 Å². The van der Waals surface area contributed by atoms with Gasteiger partial charge in [0.15, 0.2) is 0 Å². The number of hydrogen-bond acceptors (Lipinski definition) is 1. The summed E-state index contributed by atoms with van der Waals surface area (Å²) < 4.78 is 0. The van der Waals surface area contributed by atoms with Crippen molar-refractivity contribution in [1.82, 2.24) is 0 Å². The summed E-state index contributed by atoms with van der Waals surface area (Å²) >= 11 is 0. The number of nitrogens with one attached hydrogen (secondary N) is 1. The van der Waals surface area contributed by atoms with E-state index in [4.69, 9.17) is 0 Å². The molecule has 1 heteroatoms. The lowest BCUT2D eigenvalue weighted by atomic mass is 10.2.